The Morgan fingerprint density at radius 3 is 2.50 bits per heavy atom. The van der Waals surface area contributed by atoms with E-state index in [0.717, 1.165) is 0 Å². The molecule has 1 aromatic heterocycles. The summed E-state index contributed by atoms with van der Waals surface area (Å²) >= 11 is 0. The number of nitrogens with one attached hydrogen (secondary N) is 3. The number of hydrogen-bond acceptors (Lipinski definition) is 5. The maximum absolute atomic E-state index is 12.4. The zero-order valence-corrected chi connectivity index (χ0v) is 13.3. The fourth-order valence-electron chi connectivity index (χ4n) is 3.53. The van der Waals surface area contributed by atoms with Crippen molar-refractivity contribution in [2.45, 2.75) is 31.7 Å². The molecule has 0 spiro atoms. The van der Waals surface area contributed by atoms with Crippen molar-refractivity contribution in [3.63, 3.8) is 0 Å². The van der Waals surface area contributed by atoms with Crippen LogP contribution in [0, 0.1) is 5.92 Å². The number of urea groups is 1. The number of nitrogens with zero attached hydrogens (tertiary/aromatic N) is 2. The van der Waals surface area contributed by atoms with Crippen LogP contribution in [0.25, 0.3) is 0 Å². The lowest BCUT2D eigenvalue weighted by Crippen LogP contribution is -2.56. The summed E-state index contributed by atoms with van der Waals surface area (Å²) in [5.74, 6) is -0.571. The molecule has 1 aromatic rings. The number of hydrogen-bond donors (Lipinski definition) is 3. The highest BCUT2D eigenvalue weighted by molar-refractivity contribution is 6.07. The number of imide groups is 1. The normalized spacial score (nSPS) is 24.6. The van der Waals surface area contributed by atoms with Gasteiger partial charge in [0.05, 0.1) is 0 Å². The summed E-state index contributed by atoms with van der Waals surface area (Å²) in [4.78, 5) is 48.8. The molecule has 3 heterocycles. The Morgan fingerprint density at radius 2 is 2.00 bits per heavy atom. The topological polar surface area (TPSA) is 124 Å². The molecule has 2 fully saturated rings. The zero-order valence-electron chi connectivity index (χ0n) is 13.3. The first-order valence-corrected chi connectivity index (χ1v) is 7.95. The van der Waals surface area contributed by atoms with E-state index in [1.807, 2.05) is 6.92 Å². The molecule has 24 heavy (non-hydrogen) atoms. The molecule has 128 valence electrons. The predicted molar refractivity (Wildman–Crippen MR) is 83.2 cm³/mol. The van der Waals surface area contributed by atoms with E-state index in [1.165, 1.54) is 12.1 Å². The molecule has 0 saturated carbocycles. The molecule has 1 atom stereocenters. The first-order chi connectivity index (χ1) is 11.5. The van der Waals surface area contributed by atoms with Crippen molar-refractivity contribution in [2.75, 3.05) is 13.1 Å². The van der Waals surface area contributed by atoms with Gasteiger partial charge in [0.25, 0.3) is 17.4 Å². The van der Waals surface area contributed by atoms with E-state index in [0.29, 0.717) is 32.4 Å². The van der Waals surface area contributed by atoms with Crippen molar-refractivity contribution in [2.24, 2.45) is 5.92 Å². The first-order valence-electron chi connectivity index (χ1n) is 7.95. The lowest BCUT2D eigenvalue weighted by atomic mass is 9.76. The van der Waals surface area contributed by atoms with Crippen LogP contribution in [0.2, 0.25) is 0 Å². The highest BCUT2D eigenvalue weighted by Crippen LogP contribution is 2.33. The third kappa shape index (κ3) is 2.66. The minimum Gasteiger partial charge on any atom is -0.337 e. The van der Waals surface area contributed by atoms with Gasteiger partial charge in [-0.1, -0.05) is 6.92 Å². The Morgan fingerprint density at radius 1 is 1.29 bits per heavy atom. The number of H-pyrrole nitrogens is 1. The molecule has 2 aliphatic heterocycles. The van der Waals surface area contributed by atoms with E-state index in [1.54, 1.807) is 4.90 Å². The number of aromatic nitrogens is 2. The summed E-state index contributed by atoms with van der Waals surface area (Å²) in [6, 6.07) is 2.20. The summed E-state index contributed by atoms with van der Waals surface area (Å²) in [6.07, 6.45) is 1.72. The van der Waals surface area contributed by atoms with Gasteiger partial charge < -0.3 is 10.2 Å². The van der Waals surface area contributed by atoms with Gasteiger partial charge >= 0.3 is 6.03 Å². The van der Waals surface area contributed by atoms with Crippen LogP contribution in [-0.2, 0) is 4.79 Å². The summed E-state index contributed by atoms with van der Waals surface area (Å²) < 4.78 is 0. The number of carbonyl (C=O) groups excluding carboxylic acids is 3. The number of likely N-dealkylation sites (tertiary alicyclic amines) is 1. The van der Waals surface area contributed by atoms with E-state index in [9.17, 15) is 19.2 Å². The monoisotopic (exact) mass is 333 g/mol. The van der Waals surface area contributed by atoms with Crippen LogP contribution in [0.5, 0.6) is 0 Å². The van der Waals surface area contributed by atoms with Crippen molar-refractivity contribution in [1.29, 1.82) is 0 Å². The van der Waals surface area contributed by atoms with Gasteiger partial charge in [-0.2, -0.15) is 5.10 Å². The molecular formula is C15H19N5O4. The molecule has 0 aliphatic carbocycles. The van der Waals surface area contributed by atoms with Crippen molar-refractivity contribution >= 4 is 17.8 Å². The fraction of sp³-hybridized carbons (Fsp3) is 0.533. The van der Waals surface area contributed by atoms with E-state index in [4.69, 9.17) is 0 Å². The number of piperidine rings is 1. The zero-order chi connectivity index (χ0) is 17.3. The Hall–Kier alpha value is -2.71. The maximum atomic E-state index is 12.4. The highest BCUT2D eigenvalue weighted by Gasteiger charge is 2.51. The molecule has 0 radical (unpaired) electrons. The Bertz CT molecular complexity index is 717. The van der Waals surface area contributed by atoms with Crippen LogP contribution >= 0.6 is 0 Å². The third-order valence-electron chi connectivity index (χ3n) is 4.90. The Labute approximate surface area is 137 Å². The number of amides is 4. The van der Waals surface area contributed by atoms with Crippen LogP contribution in [0.15, 0.2) is 16.9 Å². The average Bonchev–Trinajstić information content (AvgIpc) is 2.89. The number of rotatable bonds is 3. The van der Waals surface area contributed by atoms with E-state index in [2.05, 4.69) is 20.8 Å². The molecule has 9 heteroatoms. The summed E-state index contributed by atoms with van der Waals surface area (Å²) in [7, 11) is 0. The lowest BCUT2D eigenvalue weighted by molar-refractivity contribution is -0.126. The average molecular weight is 333 g/mol. The van der Waals surface area contributed by atoms with Gasteiger partial charge in [-0.25, -0.2) is 9.89 Å². The second kappa shape index (κ2) is 6.06. The van der Waals surface area contributed by atoms with Crippen molar-refractivity contribution in [3.8, 4) is 0 Å². The number of aromatic amines is 1. The van der Waals surface area contributed by atoms with E-state index >= 15 is 0 Å². The SMILES string of the molecule is CCC1(C2CCN(C(=O)c3ccc(=O)[nH]n3)CC2)NC(=O)NC1=O. The largest absolute Gasteiger partial charge is 0.337 e. The second-order valence-corrected chi connectivity index (χ2v) is 6.11. The van der Waals surface area contributed by atoms with Gasteiger partial charge in [0, 0.05) is 19.2 Å². The van der Waals surface area contributed by atoms with Gasteiger partial charge in [0.2, 0.25) is 0 Å². The first kappa shape index (κ1) is 16.2. The molecule has 4 amide bonds. The van der Waals surface area contributed by atoms with E-state index < -0.39 is 11.6 Å². The minimum atomic E-state index is -0.886. The van der Waals surface area contributed by atoms with Gasteiger partial charge in [-0.3, -0.25) is 19.7 Å². The second-order valence-electron chi connectivity index (χ2n) is 6.11. The van der Waals surface area contributed by atoms with Crippen LogP contribution in [0.3, 0.4) is 0 Å². The minimum absolute atomic E-state index is 0.0264. The third-order valence-corrected chi connectivity index (χ3v) is 4.90. The predicted octanol–water partition coefficient (Wildman–Crippen LogP) is -0.390. The Balaban J connectivity index is 1.68. The standard InChI is InChI=1S/C15H19N5O4/c1-2-15(13(23)16-14(24)17-15)9-5-7-20(8-6-9)12(22)10-3-4-11(21)19-18-10/h3-4,9H,2,5-8H2,1H3,(H,19,21)(H2,16,17,23,24). The van der Waals surface area contributed by atoms with Crippen molar-refractivity contribution in [3.05, 3.63) is 28.2 Å². The lowest BCUT2D eigenvalue weighted by Gasteiger charge is -2.40. The van der Waals surface area contributed by atoms with Gasteiger partial charge in [-0.05, 0) is 31.2 Å². The molecule has 3 N–H and O–H groups in total. The number of carbonyl (C=O) groups is 3. The molecule has 9 nitrogen and oxygen atoms in total. The molecule has 3 rings (SSSR count). The summed E-state index contributed by atoms with van der Waals surface area (Å²) in [6.45, 7) is 2.80. The highest BCUT2D eigenvalue weighted by atomic mass is 16.2. The Kier molecular flexibility index (Phi) is 4.08. The van der Waals surface area contributed by atoms with Crippen LogP contribution in [0.4, 0.5) is 4.79 Å². The van der Waals surface area contributed by atoms with Gasteiger partial charge in [0.15, 0.2) is 0 Å². The molecule has 2 saturated heterocycles. The molecule has 0 bridgehead atoms. The molecular weight excluding hydrogens is 314 g/mol. The molecule has 2 aliphatic rings. The molecule has 0 aromatic carbocycles. The summed E-state index contributed by atoms with van der Waals surface area (Å²) in [5, 5.41) is 11.1. The van der Waals surface area contributed by atoms with E-state index in [-0.39, 0.29) is 29.0 Å². The molecule has 1 unspecified atom stereocenters. The quantitative estimate of drug-likeness (QED) is 0.650. The van der Waals surface area contributed by atoms with Gasteiger partial charge in [-0.15, -0.1) is 0 Å². The van der Waals surface area contributed by atoms with Crippen molar-refractivity contribution in [1.82, 2.24) is 25.7 Å². The van der Waals surface area contributed by atoms with Crippen molar-refractivity contribution < 1.29 is 14.4 Å². The van der Waals surface area contributed by atoms with Crippen LogP contribution < -0.4 is 16.2 Å². The maximum Gasteiger partial charge on any atom is 0.322 e. The smallest absolute Gasteiger partial charge is 0.322 e. The van der Waals surface area contributed by atoms with Gasteiger partial charge in [0.1, 0.15) is 11.2 Å². The van der Waals surface area contributed by atoms with Crippen LogP contribution in [0.1, 0.15) is 36.7 Å². The van der Waals surface area contributed by atoms with Crippen LogP contribution in [-0.4, -0.2) is 51.6 Å². The summed E-state index contributed by atoms with van der Waals surface area (Å²) in [5.41, 5.74) is -1.06. The fourth-order valence-corrected chi connectivity index (χ4v) is 3.53.